The Morgan fingerprint density at radius 2 is 1.56 bits per heavy atom. The number of hydrogen-bond donors (Lipinski definition) is 1. The molecular weight excluding hydrogens is 426 g/mol. The SMILES string of the molecule is O=C(NC(CN1CCCC1=O)c1ccccc1)c1nc(-c2ccccc2)n(-c2ccccc2)n1. The Morgan fingerprint density at radius 3 is 2.21 bits per heavy atom. The predicted molar refractivity (Wildman–Crippen MR) is 129 cm³/mol. The number of carbonyl (C=O) groups excluding carboxylic acids is 2. The minimum absolute atomic E-state index is 0.0800. The van der Waals surface area contributed by atoms with E-state index in [0.717, 1.165) is 23.2 Å². The molecule has 1 aliphatic heterocycles. The summed E-state index contributed by atoms with van der Waals surface area (Å²) in [4.78, 5) is 32.0. The lowest BCUT2D eigenvalue weighted by Gasteiger charge is -2.24. The number of carbonyl (C=O) groups is 2. The molecule has 0 radical (unpaired) electrons. The number of likely N-dealkylation sites (tertiary alicyclic amines) is 1. The van der Waals surface area contributed by atoms with E-state index < -0.39 is 0 Å². The fourth-order valence-corrected chi connectivity index (χ4v) is 4.19. The molecule has 5 rings (SSSR count). The van der Waals surface area contributed by atoms with Gasteiger partial charge >= 0.3 is 0 Å². The summed E-state index contributed by atoms with van der Waals surface area (Å²) in [6.07, 6.45) is 1.40. The molecule has 170 valence electrons. The summed E-state index contributed by atoms with van der Waals surface area (Å²) in [5.74, 6) is 0.403. The first-order valence-electron chi connectivity index (χ1n) is 11.4. The van der Waals surface area contributed by atoms with Gasteiger partial charge in [0.2, 0.25) is 11.7 Å². The molecule has 7 heteroatoms. The number of benzene rings is 3. The normalized spacial score (nSPS) is 14.2. The largest absolute Gasteiger partial charge is 0.341 e. The molecule has 2 amide bonds. The van der Waals surface area contributed by atoms with Crippen LogP contribution in [0.2, 0.25) is 0 Å². The van der Waals surface area contributed by atoms with E-state index in [1.807, 2.05) is 95.9 Å². The molecule has 1 saturated heterocycles. The molecule has 0 saturated carbocycles. The second-order valence-corrected chi connectivity index (χ2v) is 8.25. The molecule has 0 aliphatic carbocycles. The topological polar surface area (TPSA) is 80.1 Å². The van der Waals surface area contributed by atoms with Gasteiger partial charge in [-0.3, -0.25) is 9.59 Å². The molecule has 1 aromatic heterocycles. The first kappa shape index (κ1) is 21.6. The van der Waals surface area contributed by atoms with Crippen molar-refractivity contribution in [3.8, 4) is 17.1 Å². The lowest BCUT2D eigenvalue weighted by atomic mass is 10.1. The Morgan fingerprint density at radius 1 is 0.912 bits per heavy atom. The minimum Gasteiger partial charge on any atom is -0.341 e. The van der Waals surface area contributed by atoms with Crippen LogP contribution in [-0.2, 0) is 4.79 Å². The third kappa shape index (κ3) is 4.59. The van der Waals surface area contributed by atoms with Crippen LogP contribution < -0.4 is 5.32 Å². The van der Waals surface area contributed by atoms with Crippen LogP contribution in [0.5, 0.6) is 0 Å². The van der Waals surface area contributed by atoms with Crippen LogP contribution in [0.1, 0.15) is 35.1 Å². The van der Waals surface area contributed by atoms with Gasteiger partial charge in [-0.2, -0.15) is 0 Å². The van der Waals surface area contributed by atoms with Crippen molar-refractivity contribution in [2.24, 2.45) is 0 Å². The zero-order chi connectivity index (χ0) is 23.3. The molecule has 4 aromatic rings. The highest BCUT2D eigenvalue weighted by molar-refractivity contribution is 5.91. The third-order valence-corrected chi connectivity index (χ3v) is 5.92. The van der Waals surface area contributed by atoms with Crippen LogP contribution in [0, 0.1) is 0 Å². The highest BCUT2D eigenvalue weighted by Gasteiger charge is 2.27. The Bertz CT molecular complexity index is 1220. The van der Waals surface area contributed by atoms with Gasteiger partial charge in [-0.15, -0.1) is 5.10 Å². The maximum absolute atomic E-state index is 13.4. The molecule has 1 atom stereocenters. The fourth-order valence-electron chi connectivity index (χ4n) is 4.19. The van der Waals surface area contributed by atoms with Gasteiger partial charge in [0.1, 0.15) is 0 Å². The van der Waals surface area contributed by atoms with Crippen molar-refractivity contribution in [2.75, 3.05) is 13.1 Å². The van der Waals surface area contributed by atoms with Crippen molar-refractivity contribution >= 4 is 11.8 Å². The summed E-state index contributed by atoms with van der Waals surface area (Å²) in [6.45, 7) is 1.12. The zero-order valence-corrected chi connectivity index (χ0v) is 18.7. The smallest absolute Gasteiger partial charge is 0.291 e. The van der Waals surface area contributed by atoms with Crippen molar-refractivity contribution in [2.45, 2.75) is 18.9 Å². The number of nitrogens with zero attached hydrogens (tertiary/aromatic N) is 4. The van der Waals surface area contributed by atoms with Crippen molar-refractivity contribution in [1.29, 1.82) is 0 Å². The number of amides is 2. The van der Waals surface area contributed by atoms with Crippen molar-refractivity contribution in [3.05, 3.63) is 102 Å². The number of hydrogen-bond acceptors (Lipinski definition) is 4. The summed E-state index contributed by atoms with van der Waals surface area (Å²) >= 11 is 0. The summed E-state index contributed by atoms with van der Waals surface area (Å²) in [6, 6.07) is 28.6. The van der Waals surface area contributed by atoms with E-state index in [1.165, 1.54) is 0 Å². The molecule has 1 aliphatic rings. The van der Waals surface area contributed by atoms with Crippen LogP contribution in [0.25, 0.3) is 17.1 Å². The lowest BCUT2D eigenvalue weighted by Crippen LogP contribution is -2.39. The third-order valence-electron chi connectivity index (χ3n) is 5.92. The molecule has 0 bridgehead atoms. The van der Waals surface area contributed by atoms with Crippen LogP contribution in [-0.4, -0.2) is 44.6 Å². The molecule has 1 unspecified atom stereocenters. The standard InChI is InChI=1S/C27H25N5O2/c33-24-17-10-18-31(24)19-23(20-11-4-1-5-12-20)28-27(34)25-29-26(21-13-6-2-7-14-21)32(30-25)22-15-8-3-9-16-22/h1-9,11-16,23H,10,17-19H2,(H,28,34). The summed E-state index contributed by atoms with van der Waals surface area (Å²) in [5, 5.41) is 7.63. The second kappa shape index (κ2) is 9.70. The first-order chi connectivity index (χ1) is 16.7. The summed E-state index contributed by atoms with van der Waals surface area (Å²) < 4.78 is 1.69. The predicted octanol–water partition coefficient (Wildman–Crippen LogP) is 4.03. The highest BCUT2D eigenvalue weighted by Crippen LogP contribution is 2.22. The van der Waals surface area contributed by atoms with E-state index in [4.69, 9.17) is 0 Å². The molecule has 2 heterocycles. The molecule has 34 heavy (non-hydrogen) atoms. The molecule has 1 N–H and O–H groups in total. The number of nitrogens with one attached hydrogen (secondary N) is 1. The van der Waals surface area contributed by atoms with Crippen LogP contribution >= 0.6 is 0 Å². The number of para-hydroxylation sites is 1. The Hall–Kier alpha value is -4.26. The Balaban J connectivity index is 1.47. The van der Waals surface area contributed by atoms with Gasteiger partial charge in [-0.1, -0.05) is 78.9 Å². The van der Waals surface area contributed by atoms with Crippen LogP contribution in [0.4, 0.5) is 0 Å². The lowest BCUT2D eigenvalue weighted by molar-refractivity contribution is -0.128. The van der Waals surface area contributed by atoms with Crippen LogP contribution in [0.3, 0.4) is 0 Å². The second-order valence-electron chi connectivity index (χ2n) is 8.25. The van der Waals surface area contributed by atoms with Gasteiger partial charge in [0.25, 0.3) is 5.91 Å². The molecule has 0 spiro atoms. The maximum atomic E-state index is 13.4. The maximum Gasteiger partial charge on any atom is 0.291 e. The van der Waals surface area contributed by atoms with Crippen molar-refractivity contribution < 1.29 is 9.59 Å². The molecule has 7 nitrogen and oxygen atoms in total. The van der Waals surface area contributed by atoms with Gasteiger partial charge in [-0.25, -0.2) is 9.67 Å². The zero-order valence-electron chi connectivity index (χ0n) is 18.7. The molecular formula is C27H25N5O2. The van der Waals surface area contributed by atoms with Gasteiger partial charge in [-0.05, 0) is 24.1 Å². The van der Waals surface area contributed by atoms with E-state index >= 15 is 0 Å². The summed E-state index contributed by atoms with van der Waals surface area (Å²) in [5.41, 5.74) is 2.61. The molecule has 3 aromatic carbocycles. The van der Waals surface area contributed by atoms with Gasteiger partial charge in [0.15, 0.2) is 5.82 Å². The summed E-state index contributed by atoms with van der Waals surface area (Å²) in [7, 11) is 0. The number of rotatable bonds is 7. The average Bonchev–Trinajstić information content (AvgIpc) is 3.52. The van der Waals surface area contributed by atoms with Gasteiger partial charge in [0, 0.05) is 25.1 Å². The van der Waals surface area contributed by atoms with E-state index in [1.54, 1.807) is 4.68 Å². The highest BCUT2D eigenvalue weighted by atomic mass is 16.2. The molecule has 1 fully saturated rings. The van der Waals surface area contributed by atoms with E-state index in [0.29, 0.717) is 25.3 Å². The van der Waals surface area contributed by atoms with E-state index in [-0.39, 0.29) is 23.7 Å². The monoisotopic (exact) mass is 451 g/mol. The van der Waals surface area contributed by atoms with E-state index in [2.05, 4.69) is 15.4 Å². The Labute approximate surface area is 198 Å². The average molecular weight is 452 g/mol. The first-order valence-corrected chi connectivity index (χ1v) is 11.4. The van der Waals surface area contributed by atoms with Gasteiger partial charge < -0.3 is 10.2 Å². The van der Waals surface area contributed by atoms with Gasteiger partial charge in [0.05, 0.1) is 11.7 Å². The van der Waals surface area contributed by atoms with Crippen molar-refractivity contribution in [3.63, 3.8) is 0 Å². The van der Waals surface area contributed by atoms with Crippen molar-refractivity contribution in [1.82, 2.24) is 25.0 Å². The Kier molecular flexibility index (Phi) is 6.16. The number of aromatic nitrogens is 3. The quantitative estimate of drug-likeness (QED) is 0.460. The van der Waals surface area contributed by atoms with Crippen LogP contribution in [0.15, 0.2) is 91.0 Å². The van der Waals surface area contributed by atoms with E-state index in [9.17, 15) is 9.59 Å². The fraction of sp³-hybridized carbons (Fsp3) is 0.185. The minimum atomic E-state index is -0.382.